The van der Waals surface area contributed by atoms with E-state index in [0.29, 0.717) is 18.2 Å². The summed E-state index contributed by atoms with van der Waals surface area (Å²) in [5.41, 5.74) is 9.15. The summed E-state index contributed by atoms with van der Waals surface area (Å²) in [6.07, 6.45) is 8.72. The molecular weight excluding hydrogens is 358 g/mol. The number of rotatable bonds is 5. The molecule has 1 fully saturated rings. The van der Waals surface area contributed by atoms with E-state index >= 15 is 0 Å². The highest BCUT2D eigenvalue weighted by Gasteiger charge is 2.27. The first-order chi connectivity index (χ1) is 13.4. The van der Waals surface area contributed by atoms with Gasteiger partial charge in [-0.05, 0) is 36.6 Å². The Kier molecular flexibility index (Phi) is 7.83. The number of aromatic nitrogens is 1. The summed E-state index contributed by atoms with van der Waals surface area (Å²) < 4.78 is 2.29. The quantitative estimate of drug-likeness (QED) is 0.683. The van der Waals surface area contributed by atoms with Gasteiger partial charge in [0.1, 0.15) is 0 Å². The van der Waals surface area contributed by atoms with Gasteiger partial charge in [-0.2, -0.15) is 0 Å². The van der Waals surface area contributed by atoms with Crippen molar-refractivity contribution < 1.29 is 19.8 Å². The van der Waals surface area contributed by atoms with Gasteiger partial charge in [0.05, 0.1) is 6.17 Å². The van der Waals surface area contributed by atoms with E-state index in [-0.39, 0.29) is 6.17 Å². The fourth-order valence-corrected chi connectivity index (χ4v) is 3.37. The molecule has 1 aliphatic rings. The molecule has 7 heteroatoms. The molecule has 28 heavy (non-hydrogen) atoms. The standard InChI is InChI=1S/C17H23N3.C4H4O4/c1-2-14-7-3-4-8-16(14)20-12-9-15(13-17(20)18)19-10-5-6-11-19;5-3(6)1-2-4(7)8/h3-8,10-11,15,17H,2,9,12-13,18H2,1H3;1-2H,(H,5,6)(H,7,8). The Morgan fingerprint density at radius 1 is 1.11 bits per heavy atom. The molecule has 1 aliphatic heterocycles. The molecule has 7 nitrogen and oxygen atoms in total. The van der Waals surface area contributed by atoms with Gasteiger partial charge in [-0.15, -0.1) is 0 Å². The lowest BCUT2D eigenvalue weighted by Crippen LogP contribution is -2.48. The summed E-state index contributed by atoms with van der Waals surface area (Å²) in [5.74, 6) is -2.51. The molecule has 1 aromatic carbocycles. The number of aryl methyl sites for hydroxylation is 1. The van der Waals surface area contributed by atoms with Gasteiger partial charge in [0.15, 0.2) is 0 Å². The number of nitrogens with two attached hydrogens (primary N) is 1. The lowest BCUT2D eigenvalue weighted by atomic mass is 9.99. The Labute approximate surface area is 164 Å². The largest absolute Gasteiger partial charge is 0.478 e. The number of benzene rings is 1. The van der Waals surface area contributed by atoms with Crippen molar-refractivity contribution in [1.82, 2.24) is 4.57 Å². The third-order valence-electron chi connectivity index (χ3n) is 4.72. The van der Waals surface area contributed by atoms with Gasteiger partial charge < -0.3 is 25.4 Å². The number of piperidine rings is 1. The van der Waals surface area contributed by atoms with E-state index in [1.807, 2.05) is 0 Å². The highest BCUT2D eigenvalue weighted by molar-refractivity contribution is 5.89. The maximum absolute atomic E-state index is 9.55. The molecular formula is C21H27N3O4. The molecule has 2 unspecified atom stereocenters. The average Bonchev–Trinajstić information content (AvgIpc) is 3.22. The molecule has 0 spiro atoms. The summed E-state index contributed by atoms with van der Waals surface area (Å²) in [7, 11) is 0. The monoisotopic (exact) mass is 385 g/mol. The first kappa shape index (κ1) is 21.2. The van der Waals surface area contributed by atoms with Gasteiger partial charge in [0.2, 0.25) is 0 Å². The zero-order valence-electron chi connectivity index (χ0n) is 15.9. The molecule has 0 aliphatic carbocycles. The Morgan fingerprint density at radius 3 is 2.25 bits per heavy atom. The van der Waals surface area contributed by atoms with Gasteiger partial charge in [0.25, 0.3) is 0 Å². The van der Waals surface area contributed by atoms with Crippen LogP contribution in [0.15, 0.2) is 60.9 Å². The van der Waals surface area contributed by atoms with Crippen molar-refractivity contribution in [3.63, 3.8) is 0 Å². The van der Waals surface area contributed by atoms with Crippen LogP contribution in [0.1, 0.15) is 31.4 Å². The fraction of sp³-hybridized carbons (Fsp3) is 0.333. The number of carboxylic acid groups (broad SMARTS) is 2. The van der Waals surface area contributed by atoms with Gasteiger partial charge in [-0.25, -0.2) is 9.59 Å². The van der Waals surface area contributed by atoms with Crippen LogP contribution in [0.3, 0.4) is 0 Å². The average molecular weight is 385 g/mol. The Morgan fingerprint density at radius 2 is 1.71 bits per heavy atom. The van der Waals surface area contributed by atoms with Crippen molar-refractivity contribution in [3.05, 3.63) is 66.5 Å². The Hall–Kier alpha value is -3.06. The molecule has 2 atom stereocenters. The van der Waals surface area contributed by atoms with Crippen LogP contribution in [0.5, 0.6) is 0 Å². The van der Waals surface area contributed by atoms with Crippen molar-refractivity contribution >= 4 is 17.6 Å². The number of aliphatic carboxylic acids is 2. The van der Waals surface area contributed by atoms with Crippen LogP contribution in [0.25, 0.3) is 0 Å². The number of nitrogens with zero attached hydrogens (tertiary/aromatic N) is 2. The van der Waals surface area contributed by atoms with E-state index in [0.717, 1.165) is 25.8 Å². The van der Waals surface area contributed by atoms with E-state index in [9.17, 15) is 9.59 Å². The SMILES string of the molecule is CCc1ccccc1N1CCC(n2cccc2)CC1N.O=C(O)C=CC(=O)O. The third kappa shape index (κ3) is 5.99. The van der Waals surface area contributed by atoms with Crippen LogP contribution < -0.4 is 10.6 Å². The topological polar surface area (TPSA) is 109 Å². The molecule has 0 amide bonds. The summed E-state index contributed by atoms with van der Waals surface area (Å²) in [4.78, 5) is 21.5. The molecule has 0 saturated carbocycles. The van der Waals surface area contributed by atoms with Gasteiger partial charge >= 0.3 is 11.9 Å². The van der Waals surface area contributed by atoms with Gasteiger partial charge in [-0.3, -0.25) is 0 Å². The zero-order valence-corrected chi connectivity index (χ0v) is 15.9. The Bertz CT molecular complexity index is 786. The minimum Gasteiger partial charge on any atom is -0.478 e. The lowest BCUT2D eigenvalue weighted by Gasteiger charge is -2.40. The molecule has 150 valence electrons. The molecule has 1 aromatic heterocycles. The number of carbonyl (C=O) groups is 2. The van der Waals surface area contributed by atoms with E-state index in [2.05, 4.69) is 65.2 Å². The van der Waals surface area contributed by atoms with E-state index in [4.69, 9.17) is 15.9 Å². The molecule has 0 bridgehead atoms. The van der Waals surface area contributed by atoms with Crippen molar-refractivity contribution in [2.75, 3.05) is 11.4 Å². The fourth-order valence-electron chi connectivity index (χ4n) is 3.37. The van der Waals surface area contributed by atoms with Crippen molar-refractivity contribution in [2.45, 2.75) is 38.4 Å². The maximum Gasteiger partial charge on any atom is 0.328 e. The minimum absolute atomic E-state index is 0.101. The number of para-hydroxylation sites is 1. The van der Waals surface area contributed by atoms with E-state index in [1.165, 1.54) is 11.3 Å². The van der Waals surface area contributed by atoms with Crippen molar-refractivity contribution in [1.29, 1.82) is 0 Å². The predicted octanol–water partition coefficient (Wildman–Crippen LogP) is 2.89. The van der Waals surface area contributed by atoms with Crippen LogP contribution in [0.2, 0.25) is 0 Å². The summed E-state index contributed by atoms with van der Waals surface area (Å²) in [5, 5.41) is 15.6. The van der Waals surface area contributed by atoms with Crippen LogP contribution >= 0.6 is 0 Å². The van der Waals surface area contributed by atoms with E-state index < -0.39 is 11.9 Å². The van der Waals surface area contributed by atoms with Gasteiger partial charge in [-0.1, -0.05) is 25.1 Å². The second-order valence-electron chi connectivity index (χ2n) is 6.56. The van der Waals surface area contributed by atoms with Crippen LogP contribution in [0.4, 0.5) is 5.69 Å². The first-order valence-corrected chi connectivity index (χ1v) is 9.28. The summed E-state index contributed by atoms with van der Waals surface area (Å²) >= 11 is 0. The van der Waals surface area contributed by atoms with Crippen molar-refractivity contribution in [2.24, 2.45) is 5.73 Å². The second kappa shape index (κ2) is 10.3. The summed E-state index contributed by atoms with van der Waals surface area (Å²) in [6, 6.07) is 13.3. The molecule has 2 aromatic rings. The number of carboxylic acids is 2. The van der Waals surface area contributed by atoms with Crippen LogP contribution in [0, 0.1) is 0 Å². The highest BCUT2D eigenvalue weighted by Crippen LogP contribution is 2.31. The van der Waals surface area contributed by atoms with Crippen LogP contribution in [-0.2, 0) is 16.0 Å². The van der Waals surface area contributed by atoms with Crippen molar-refractivity contribution in [3.8, 4) is 0 Å². The number of hydrogen-bond acceptors (Lipinski definition) is 4. The number of hydrogen-bond donors (Lipinski definition) is 3. The smallest absolute Gasteiger partial charge is 0.328 e. The molecule has 3 rings (SSSR count). The Balaban J connectivity index is 0.000000300. The second-order valence-corrected chi connectivity index (χ2v) is 6.56. The zero-order chi connectivity index (χ0) is 20.5. The minimum atomic E-state index is -1.26. The number of anilines is 1. The van der Waals surface area contributed by atoms with E-state index in [1.54, 1.807) is 0 Å². The lowest BCUT2D eigenvalue weighted by molar-refractivity contribution is -0.134. The normalized spacial score (nSPS) is 19.1. The molecule has 2 heterocycles. The molecule has 1 saturated heterocycles. The third-order valence-corrected chi connectivity index (χ3v) is 4.72. The predicted molar refractivity (Wildman–Crippen MR) is 108 cm³/mol. The molecule has 0 radical (unpaired) electrons. The highest BCUT2D eigenvalue weighted by atomic mass is 16.4. The molecule has 4 N–H and O–H groups in total. The van der Waals surface area contributed by atoms with Gasteiger partial charge in [0, 0.05) is 49.2 Å². The summed E-state index contributed by atoms with van der Waals surface area (Å²) in [6.45, 7) is 3.23. The van der Waals surface area contributed by atoms with Crippen LogP contribution in [-0.4, -0.2) is 39.4 Å². The maximum atomic E-state index is 9.55. The first-order valence-electron chi connectivity index (χ1n) is 9.28.